The van der Waals surface area contributed by atoms with Crippen LogP contribution in [0.1, 0.15) is 69.9 Å². The molecule has 2 aliphatic carbocycles. The van der Waals surface area contributed by atoms with Gasteiger partial charge in [-0.1, -0.05) is 26.3 Å². The van der Waals surface area contributed by atoms with Gasteiger partial charge in [-0.05, 0) is 80.0 Å². The van der Waals surface area contributed by atoms with Crippen LogP contribution < -0.4 is 0 Å². The van der Waals surface area contributed by atoms with Crippen LogP contribution in [-0.4, -0.2) is 10.9 Å². The Balaban J connectivity index is 1.97. The number of aryl methyl sites for hydroxylation is 1. The van der Waals surface area contributed by atoms with Crippen molar-refractivity contribution >= 4 is 5.78 Å². The van der Waals surface area contributed by atoms with Crippen LogP contribution in [0.4, 0.5) is 0 Å². The maximum Gasteiger partial charge on any atom is 0.135 e. The van der Waals surface area contributed by atoms with E-state index < -0.39 is 0 Å². The Hall–Kier alpha value is -1.31. The fraction of sp³-hybridized carbons (Fsp3) is 0.650. The normalized spacial score (nSPS) is 33.9. The second kappa shape index (κ2) is 5.72. The first-order valence-electron chi connectivity index (χ1n) is 8.80. The van der Waals surface area contributed by atoms with Crippen molar-refractivity contribution in [2.75, 3.05) is 0 Å². The largest absolute Gasteiger partial charge is 0.508 e. The number of carbonyl (C=O) groups is 1. The lowest BCUT2D eigenvalue weighted by molar-refractivity contribution is -0.134. The molecule has 1 aromatic rings. The predicted molar refractivity (Wildman–Crippen MR) is 89.1 cm³/mol. The first kappa shape index (κ1) is 15.6. The fourth-order valence-electron chi connectivity index (χ4n) is 5.17. The predicted octanol–water partition coefficient (Wildman–Crippen LogP) is 4.84. The van der Waals surface area contributed by atoms with Crippen LogP contribution in [-0.2, 0) is 11.2 Å². The zero-order valence-electron chi connectivity index (χ0n) is 14.1. The zero-order valence-corrected chi connectivity index (χ0v) is 14.1. The molecule has 0 amide bonds. The van der Waals surface area contributed by atoms with Gasteiger partial charge >= 0.3 is 0 Å². The van der Waals surface area contributed by atoms with Gasteiger partial charge in [0.25, 0.3) is 0 Å². The van der Waals surface area contributed by atoms with E-state index in [4.69, 9.17) is 0 Å². The van der Waals surface area contributed by atoms with E-state index in [1.54, 1.807) is 6.92 Å². The topological polar surface area (TPSA) is 37.3 Å². The van der Waals surface area contributed by atoms with Crippen LogP contribution in [0.25, 0.3) is 0 Å². The number of phenols is 1. The molecule has 22 heavy (non-hydrogen) atoms. The zero-order chi connectivity index (χ0) is 15.9. The van der Waals surface area contributed by atoms with Crippen molar-refractivity contribution in [1.82, 2.24) is 0 Å². The molecule has 1 N–H and O–H groups in total. The summed E-state index contributed by atoms with van der Waals surface area (Å²) in [5.74, 6) is 2.47. The van der Waals surface area contributed by atoms with Crippen molar-refractivity contribution in [3.05, 3.63) is 29.3 Å². The first-order valence-corrected chi connectivity index (χ1v) is 8.80. The molecule has 120 valence electrons. The monoisotopic (exact) mass is 300 g/mol. The highest BCUT2D eigenvalue weighted by Crippen LogP contribution is 2.56. The molecule has 0 saturated heterocycles. The van der Waals surface area contributed by atoms with Crippen molar-refractivity contribution in [2.24, 2.45) is 17.3 Å². The van der Waals surface area contributed by atoms with Crippen LogP contribution in [0, 0.1) is 17.3 Å². The molecule has 0 bridgehead atoms. The lowest BCUT2D eigenvalue weighted by Crippen LogP contribution is -2.46. The second-order valence-electron chi connectivity index (χ2n) is 7.60. The van der Waals surface area contributed by atoms with Gasteiger partial charge in [0.1, 0.15) is 11.5 Å². The SMILES string of the molecule is CCCC1C2CCc3cc(O)ccc3C2CC[C@]1(C)C(C)=O. The van der Waals surface area contributed by atoms with Crippen LogP contribution in [0.3, 0.4) is 0 Å². The smallest absolute Gasteiger partial charge is 0.135 e. The Morgan fingerprint density at radius 2 is 2.14 bits per heavy atom. The number of benzene rings is 1. The first-order chi connectivity index (χ1) is 10.5. The van der Waals surface area contributed by atoms with Gasteiger partial charge in [0.15, 0.2) is 0 Å². The number of ketones is 1. The molecular formula is C20H28O2. The van der Waals surface area contributed by atoms with Crippen molar-refractivity contribution in [1.29, 1.82) is 0 Å². The highest BCUT2D eigenvalue weighted by atomic mass is 16.3. The molecule has 2 aliphatic rings. The molecule has 3 unspecified atom stereocenters. The Bertz CT molecular complexity index is 577. The fourth-order valence-corrected chi connectivity index (χ4v) is 5.17. The number of aromatic hydroxyl groups is 1. The highest BCUT2D eigenvalue weighted by Gasteiger charge is 2.49. The van der Waals surface area contributed by atoms with Crippen molar-refractivity contribution in [2.45, 2.75) is 65.2 Å². The average molecular weight is 300 g/mol. The Morgan fingerprint density at radius 3 is 2.82 bits per heavy atom. The van der Waals surface area contributed by atoms with E-state index in [-0.39, 0.29) is 5.41 Å². The summed E-state index contributed by atoms with van der Waals surface area (Å²) in [6.07, 6.45) is 6.63. The van der Waals surface area contributed by atoms with Gasteiger partial charge in [0, 0.05) is 5.41 Å². The van der Waals surface area contributed by atoms with Gasteiger partial charge in [-0.2, -0.15) is 0 Å². The standard InChI is InChI=1S/C20H28O2/c1-4-5-19-18-8-6-14-12-15(22)7-9-16(14)17(18)10-11-20(19,3)13(2)21/h7,9,12,17-19,22H,4-6,8,10-11H2,1-3H3/t17?,18?,19?,20-/m1/s1. The summed E-state index contributed by atoms with van der Waals surface area (Å²) in [5, 5.41) is 9.73. The quantitative estimate of drug-likeness (QED) is 0.867. The third kappa shape index (κ3) is 2.37. The molecule has 1 fully saturated rings. The second-order valence-corrected chi connectivity index (χ2v) is 7.60. The third-order valence-corrected chi connectivity index (χ3v) is 6.50. The van der Waals surface area contributed by atoms with E-state index >= 15 is 0 Å². The molecule has 2 nitrogen and oxygen atoms in total. The summed E-state index contributed by atoms with van der Waals surface area (Å²) < 4.78 is 0. The van der Waals surface area contributed by atoms with Crippen LogP contribution in [0.5, 0.6) is 5.75 Å². The number of carbonyl (C=O) groups excluding carboxylic acids is 1. The summed E-state index contributed by atoms with van der Waals surface area (Å²) in [6, 6.07) is 5.90. The van der Waals surface area contributed by atoms with Gasteiger partial charge in [-0.25, -0.2) is 0 Å². The summed E-state index contributed by atoms with van der Waals surface area (Å²) in [6.45, 7) is 6.23. The molecule has 3 rings (SSSR count). The molecule has 0 radical (unpaired) electrons. The maximum atomic E-state index is 12.3. The van der Waals surface area contributed by atoms with Gasteiger partial charge in [-0.3, -0.25) is 4.79 Å². The summed E-state index contributed by atoms with van der Waals surface area (Å²) in [4.78, 5) is 12.3. The van der Waals surface area contributed by atoms with Gasteiger partial charge in [-0.15, -0.1) is 0 Å². The van der Waals surface area contributed by atoms with E-state index in [0.29, 0.717) is 29.3 Å². The van der Waals surface area contributed by atoms with Gasteiger partial charge in [0.2, 0.25) is 0 Å². The minimum absolute atomic E-state index is 0.133. The summed E-state index contributed by atoms with van der Waals surface area (Å²) in [5.41, 5.74) is 2.62. The molecule has 0 aromatic heterocycles. The van der Waals surface area contributed by atoms with Crippen molar-refractivity contribution < 1.29 is 9.90 Å². The van der Waals surface area contributed by atoms with Gasteiger partial charge in [0.05, 0.1) is 0 Å². The highest BCUT2D eigenvalue weighted by molar-refractivity contribution is 5.82. The Morgan fingerprint density at radius 1 is 1.36 bits per heavy atom. The summed E-state index contributed by atoms with van der Waals surface area (Å²) in [7, 11) is 0. The van der Waals surface area contributed by atoms with E-state index in [0.717, 1.165) is 38.5 Å². The molecule has 1 saturated carbocycles. The lowest BCUT2D eigenvalue weighted by atomic mass is 9.52. The number of hydrogen-bond acceptors (Lipinski definition) is 2. The van der Waals surface area contributed by atoms with Crippen molar-refractivity contribution in [3.8, 4) is 5.75 Å². The van der Waals surface area contributed by atoms with Crippen LogP contribution in [0.2, 0.25) is 0 Å². The number of rotatable bonds is 3. The number of Topliss-reactive ketones (excluding diaryl/α,β-unsaturated/α-hetero) is 1. The van der Waals surface area contributed by atoms with E-state index in [2.05, 4.69) is 19.9 Å². The molecule has 1 aromatic carbocycles. The van der Waals surface area contributed by atoms with Crippen molar-refractivity contribution in [3.63, 3.8) is 0 Å². The number of phenolic OH excluding ortho intramolecular Hbond substituents is 1. The number of hydrogen-bond donors (Lipinski definition) is 1. The average Bonchev–Trinajstić information content (AvgIpc) is 2.49. The van der Waals surface area contributed by atoms with Crippen LogP contribution in [0.15, 0.2) is 18.2 Å². The maximum absolute atomic E-state index is 12.3. The minimum Gasteiger partial charge on any atom is -0.508 e. The van der Waals surface area contributed by atoms with E-state index in [1.807, 2.05) is 12.1 Å². The molecule has 0 heterocycles. The van der Waals surface area contributed by atoms with Crippen LogP contribution >= 0.6 is 0 Å². The lowest BCUT2D eigenvalue weighted by Gasteiger charge is -2.51. The third-order valence-electron chi connectivity index (χ3n) is 6.50. The molecule has 0 aliphatic heterocycles. The molecule has 4 atom stereocenters. The minimum atomic E-state index is -0.133. The molecule has 0 spiro atoms. The summed E-state index contributed by atoms with van der Waals surface area (Å²) >= 11 is 0. The Labute approximate surface area is 133 Å². The van der Waals surface area contributed by atoms with E-state index in [1.165, 1.54) is 11.1 Å². The number of fused-ring (bicyclic) bond motifs is 3. The molecule has 2 heteroatoms. The van der Waals surface area contributed by atoms with E-state index in [9.17, 15) is 9.90 Å². The Kier molecular flexibility index (Phi) is 4.05. The molecular weight excluding hydrogens is 272 g/mol. The van der Waals surface area contributed by atoms with Gasteiger partial charge < -0.3 is 5.11 Å².